The van der Waals surface area contributed by atoms with E-state index in [-0.39, 0.29) is 23.4 Å². The Labute approximate surface area is 207 Å². The molecule has 6 nitrogen and oxygen atoms in total. The van der Waals surface area contributed by atoms with Crippen molar-refractivity contribution in [2.45, 2.75) is 119 Å². The second-order valence-corrected chi connectivity index (χ2v) is 13.1. The molecule has 0 saturated heterocycles. The van der Waals surface area contributed by atoms with Gasteiger partial charge < -0.3 is 4.74 Å². The van der Waals surface area contributed by atoms with E-state index < -0.39 is 17.0 Å². The number of hydrogen-bond acceptors (Lipinski definition) is 6. The van der Waals surface area contributed by atoms with Crippen LogP contribution in [0.15, 0.2) is 30.3 Å². The van der Waals surface area contributed by atoms with Crippen molar-refractivity contribution in [3.8, 4) is 0 Å². The zero-order chi connectivity index (χ0) is 26.3. The summed E-state index contributed by atoms with van der Waals surface area (Å²) in [6.45, 7) is 22.9. The lowest BCUT2D eigenvalue weighted by Gasteiger charge is -2.37. The fraction of sp³-hybridized carbons (Fsp3) is 0.750. The van der Waals surface area contributed by atoms with Gasteiger partial charge in [-0.25, -0.2) is 14.6 Å². The average molecular weight is 481 g/mol. The first-order valence-electron chi connectivity index (χ1n) is 12.3. The summed E-state index contributed by atoms with van der Waals surface area (Å²) in [7, 11) is 0. The number of rotatable bonds is 13. The predicted octanol–water partition coefficient (Wildman–Crippen LogP) is 7.67. The first-order valence-corrected chi connectivity index (χ1v) is 12.3. The zero-order valence-corrected chi connectivity index (χ0v) is 23.4. The molecule has 0 radical (unpaired) electrons. The van der Waals surface area contributed by atoms with Crippen molar-refractivity contribution in [1.29, 1.82) is 0 Å². The standard InChI is InChI=1S/C28H48O6/c1-24(2,3)20-26(7,8)31-33-28(11,34-32-27(9,10)21-25(4,5)6)18-15-19-30-23(29)22-16-13-12-14-17-22/h12-14,16-17H,15,18-21H2,1-11H3. The monoisotopic (exact) mass is 480 g/mol. The van der Waals surface area contributed by atoms with Gasteiger partial charge >= 0.3 is 5.97 Å². The molecule has 196 valence electrons. The lowest BCUT2D eigenvalue weighted by atomic mass is 9.84. The van der Waals surface area contributed by atoms with Gasteiger partial charge in [-0.1, -0.05) is 59.7 Å². The SMILES string of the molecule is CC(C)(C)CC(C)(C)OOC(C)(CCCOC(=O)c1ccccc1)OOC(C)(C)CC(C)(C)C. The molecule has 0 aliphatic carbocycles. The van der Waals surface area contributed by atoms with Crippen LogP contribution in [0, 0.1) is 10.8 Å². The summed E-state index contributed by atoms with van der Waals surface area (Å²) in [5.41, 5.74) is -0.382. The quantitative estimate of drug-likeness (QED) is 0.0949. The van der Waals surface area contributed by atoms with Crippen LogP contribution in [-0.2, 0) is 24.3 Å². The van der Waals surface area contributed by atoms with Gasteiger partial charge in [0.25, 0.3) is 0 Å². The average Bonchev–Trinajstić information content (AvgIpc) is 2.66. The molecule has 0 saturated carbocycles. The van der Waals surface area contributed by atoms with Gasteiger partial charge in [-0.05, 0) is 76.8 Å². The predicted molar refractivity (Wildman–Crippen MR) is 135 cm³/mol. The van der Waals surface area contributed by atoms with Gasteiger partial charge in [0.05, 0.1) is 23.4 Å². The highest BCUT2D eigenvalue weighted by molar-refractivity contribution is 5.89. The van der Waals surface area contributed by atoms with E-state index in [1.807, 2.05) is 45.9 Å². The third-order valence-corrected chi connectivity index (χ3v) is 4.82. The van der Waals surface area contributed by atoms with Gasteiger partial charge in [0.2, 0.25) is 5.79 Å². The van der Waals surface area contributed by atoms with Crippen LogP contribution in [0.5, 0.6) is 0 Å². The molecule has 0 heterocycles. The van der Waals surface area contributed by atoms with E-state index in [0.717, 1.165) is 12.8 Å². The number of carbonyl (C=O) groups excluding carboxylic acids is 1. The molecule has 1 aromatic rings. The Morgan fingerprint density at radius 3 is 1.53 bits per heavy atom. The molecule has 0 fully saturated rings. The Morgan fingerprint density at radius 2 is 1.12 bits per heavy atom. The van der Waals surface area contributed by atoms with Crippen LogP contribution >= 0.6 is 0 Å². The van der Waals surface area contributed by atoms with Gasteiger partial charge in [0.1, 0.15) is 0 Å². The molecule has 6 heteroatoms. The normalized spacial score (nSPS) is 13.7. The maximum Gasteiger partial charge on any atom is 0.338 e. The fourth-order valence-electron chi connectivity index (χ4n) is 4.33. The summed E-state index contributed by atoms with van der Waals surface area (Å²) >= 11 is 0. The van der Waals surface area contributed by atoms with E-state index in [2.05, 4.69) is 41.5 Å². The Kier molecular flexibility index (Phi) is 10.8. The summed E-state index contributed by atoms with van der Waals surface area (Å²) in [6.07, 6.45) is 2.51. The lowest BCUT2D eigenvalue weighted by molar-refractivity contribution is -0.541. The van der Waals surface area contributed by atoms with Crippen molar-refractivity contribution in [2.75, 3.05) is 6.61 Å². The maximum atomic E-state index is 12.2. The molecule has 0 unspecified atom stereocenters. The Morgan fingerprint density at radius 1 is 0.676 bits per heavy atom. The molecule has 1 aromatic carbocycles. The molecular weight excluding hydrogens is 432 g/mol. The number of esters is 1. The van der Waals surface area contributed by atoms with Gasteiger partial charge in [0, 0.05) is 6.42 Å². The van der Waals surface area contributed by atoms with Crippen LogP contribution < -0.4 is 0 Å². The number of carbonyl (C=O) groups is 1. The summed E-state index contributed by atoms with van der Waals surface area (Å²) in [5, 5.41) is 0. The van der Waals surface area contributed by atoms with E-state index in [0.29, 0.717) is 18.4 Å². The molecule has 0 aromatic heterocycles. The van der Waals surface area contributed by atoms with Gasteiger partial charge in [-0.15, -0.1) is 0 Å². The minimum absolute atomic E-state index is 0.0704. The highest BCUT2D eigenvalue weighted by Crippen LogP contribution is 2.34. The number of hydrogen-bond donors (Lipinski definition) is 0. The summed E-state index contributed by atoms with van der Waals surface area (Å²) in [4.78, 5) is 35.7. The van der Waals surface area contributed by atoms with Crippen molar-refractivity contribution < 1.29 is 29.1 Å². The minimum Gasteiger partial charge on any atom is -0.462 e. The largest absolute Gasteiger partial charge is 0.462 e. The third kappa shape index (κ3) is 13.4. The van der Waals surface area contributed by atoms with E-state index in [1.165, 1.54) is 0 Å². The molecular formula is C28H48O6. The lowest BCUT2D eigenvalue weighted by Crippen LogP contribution is -2.41. The van der Waals surface area contributed by atoms with Gasteiger partial charge in [-0.3, -0.25) is 0 Å². The van der Waals surface area contributed by atoms with Crippen molar-refractivity contribution in [3.63, 3.8) is 0 Å². The molecule has 34 heavy (non-hydrogen) atoms. The molecule has 0 atom stereocenters. The van der Waals surface area contributed by atoms with Crippen molar-refractivity contribution in [2.24, 2.45) is 10.8 Å². The van der Waals surface area contributed by atoms with Crippen LogP contribution in [0.3, 0.4) is 0 Å². The Bertz CT molecular complexity index is 708. The van der Waals surface area contributed by atoms with Crippen molar-refractivity contribution in [3.05, 3.63) is 35.9 Å². The molecule has 0 aliphatic rings. The number of benzene rings is 1. The summed E-state index contributed by atoms with van der Waals surface area (Å²) in [6, 6.07) is 8.94. The van der Waals surface area contributed by atoms with Crippen molar-refractivity contribution >= 4 is 5.97 Å². The van der Waals surface area contributed by atoms with Gasteiger partial charge in [0.15, 0.2) is 0 Å². The fourth-order valence-corrected chi connectivity index (χ4v) is 4.33. The number of ether oxygens (including phenoxy) is 1. The highest BCUT2D eigenvalue weighted by Gasteiger charge is 2.37. The first kappa shape index (κ1) is 30.6. The molecule has 0 amide bonds. The van der Waals surface area contributed by atoms with Crippen LogP contribution in [0.25, 0.3) is 0 Å². The van der Waals surface area contributed by atoms with Gasteiger partial charge in [-0.2, -0.15) is 9.78 Å². The molecule has 1 rings (SSSR count). The molecule has 0 spiro atoms. The van der Waals surface area contributed by atoms with Crippen molar-refractivity contribution in [1.82, 2.24) is 0 Å². The van der Waals surface area contributed by atoms with E-state index in [4.69, 9.17) is 24.3 Å². The summed E-state index contributed by atoms with van der Waals surface area (Å²) in [5.74, 6) is -1.53. The zero-order valence-electron chi connectivity index (χ0n) is 23.4. The van der Waals surface area contributed by atoms with Crippen LogP contribution in [0.1, 0.15) is 112 Å². The third-order valence-electron chi connectivity index (χ3n) is 4.82. The minimum atomic E-state index is -1.18. The topological polar surface area (TPSA) is 63.2 Å². The maximum absolute atomic E-state index is 12.2. The van der Waals surface area contributed by atoms with E-state index in [9.17, 15) is 4.79 Å². The smallest absolute Gasteiger partial charge is 0.338 e. The molecule has 0 bridgehead atoms. The van der Waals surface area contributed by atoms with E-state index in [1.54, 1.807) is 19.1 Å². The molecule has 0 aliphatic heterocycles. The molecule has 0 N–H and O–H groups in total. The Hall–Kier alpha value is -1.47. The van der Waals surface area contributed by atoms with Crippen LogP contribution in [0.4, 0.5) is 0 Å². The van der Waals surface area contributed by atoms with E-state index >= 15 is 0 Å². The second-order valence-electron chi connectivity index (χ2n) is 13.1. The summed E-state index contributed by atoms with van der Waals surface area (Å²) < 4.78 is 5.41. The first-order chi connectivity index (χ1) is 15.3. The highest BCUT2D eigenvalue weighted by atomic mass is 17.3. The van der Waals surface area contributed by atoms with Crippen LogP contribution in [0.2, 0.25) is 0 Å². The van der Waals surface area contributed by atoms with Crippen LogP contribution in [-0.4, -0.2) is 29.6 Å². The Balaban J connectivity index is 2.77. The second kappa shape index (κ2) is 12.0.